The molecule has 0 radical (unpaired) electrons. The third kappa shape index (κ3) is 5.67. The standard InChI is InChI=1S/C16H23NO5S/c1-5-22-13-7-6-11(10-14(13)20-2)15(18)17-12(8-9-23-4)16(19)21-3/h6-7,10,12H,5,8-9H2,1-4H3,(H,17,18)/t12-/m0/s1. The van der Waals surface area contributed by atoms with E-state index < -0.39 is 12.0 Å². The van der Waals surface area contributed by atoms with Crippen LogP contribution < -0.4 is 14.8 Å². The molecule has 23 heavy (non-hydrogen) atoms. The molecule has 1 rings (SSSR count). The van der Waals surface area contributed by atoms with Crippen LogP contribution in [0, 0.1) is 0 Å². The normalized spacial score (nSPS) is 11.5. The topological polar surface area (TPSA) is 73.9 Å². The van der Waals surface area contributed by atoms with Crippen molar-refractivity contribution >= 4 is 23.6 Å². The molecule has 1 atom stereocenters. The Balaban J connectivity index is 2.88. The summed E-state index contributed by atoms with van der Waals surface area (Å²) < 4.78 is 15.4. The maximum atomic E-state index is 12.4. The summed E-state index contributed by atoms with van der Waals surface area (Å²) in [6.45, 7) is 2.37. The third-order valence-electron chi connectivity index (χ3n) is 3.13. The van der Waals surface area contributed by atoms with Gasteiger partial charge in [0, 0.05) is 5.56 Å². The highest BCUT2D eigenvalue weighted by Gasteiger charge is 2.22. The van der Waals surface area contributed by atoms with E-state index in [2.05, 4.69) is 5.32 Å². The molecule has 0 aliphatic carbocycles. The van der Waals surface area contributed by atoms with Gasteiger partial charge in [-0.2, -0.15) is 11.8 Å². The Labute approximate surface area is 140 Å². The number of esters is 1. The Morgan fingerprint density at radius 3 is 2.57 bits per heavy atom. The first-order valence-electron chi connectivity index (χ1n) is 7.25. The Kier molecular flexibility index (Phi) is 8.32. The molecule has 0 bridgehead atoms. The molecule has 0 fully saturated rings. The smallest absolute Gasteiger partial charge is 0.328 e. The minimum atomic E-state index is -0.669. The van der Waals surface area contributed by atoms with Gasteiger partial charge < -0.3 is 19.5 Å². The van der Waals surface area contributed by atoms with Crippen LogP contribution in [0.3, 0.4) is 0 Å². The molecule has 0 unspecified atom stereocenters. The number of nitrogens with one attached hydrogen (secondary N) is 1. The summed E-state index contributed by atoms with van der Waals surface area (Å²) in [5, 5.41) is 2.70. The van der Waals surface area contributed by atoms with Gasteiger partial charge in [-0.1, -0.05) is 0 Å². The van der Waals surface area contributed by atoms with Crippen molar-refractivity contribution in [1.82, 2.24) is 5.32 Å². The zero-order valence-electron chi connectivity index (χ0n) is 13.9. The minimum absolute atomic E-state index is 0.358. The van der Waals surface area contributed by atoms with Gasteiger partial charge in [-0.15, -0.1) is 0 Å². The van der Waals surface area contributed by atoms with Crippen molar-refractivity contribution in [3.05, 3.63) is 23.8 Å². The Morgan fingerprint density at radius 1 is 1.26 bits per heavy atom. The van der Waals surface area contributed by atoms with Crippen LogP contribution in [0.2, 0.25) is 0 Å². The Morgan fingerprint density at radius 2 is 2.00 bits per heavy atom. The van der Waals surface area contributed by atoms with Crippen LogP contribution >= 0.6 is 11.8 Å². The largest absolute Gasteiger partial charge is 0.493 e. The molecule has 0 saturated heterocycles. The second-order valence-corrected chi connectivity index (χ2v) is 5.61. The van der Waals surface area contributed by atoms with E-state index in [9.17, 15) is 9.59 Å². The van der Waals surface area contributed by atoms with Gasteiger partial charge >= 0.3 is 5.97 Å². The van der Waals surface area contributed by atoms with Crippen molar-refractivity contribution in [2.24, 2.45) is 0 Å². The molecule has 0 aliphatic rings. The molecule has 0 aromatic heterocycles. The molecular formula is C16H23NO5S. The molecule has 0 aliphatic heterocycles. The van der Waals surface area contributed by atoms with Gasteiger partial charge in [-0.05, 0) is 43.6 Å². The highest BCUT2D eigenvalue weighted by Crippen LogP contribution is 2.28. The zero-order valence-corrected chi connectivity index (χ0v) is 14.7. The van der Waals surface area contributed by atoms with Crippen LogP contribution in [0.15, 0.2) is 18.2 Å². The van der Waals surface area contributed by atoms with E-state index in [1.807, 2.05) is 13.2 Å². The summed E-state index contributed by atoms with van der Waals surface area (Å²) in [5.41, 5.74) is 0.392. The second kappa shape index (κ2) is 9.99. The first-order chi connectivity index (χ1) is 11.1. The first kappa shape index (κ1) is 19.2. The van der Waals surface area contributed by atoms with E-state index in [4.69, 9.17) is 14.2 Å². The van der Waals surface area contributed by atoms with Gasteiger partial charge in [0.2, 0.25) is 0 Å². The number of carbonyl (C=O) groups excluding carboxylic acids is 2. The highest BCUT2D eigenvalue weighted by molar-refractivity contribution is 7.98. The molecule has 6 nitrogen and oxygen atoms in total. The van der Waals surface area contributed by atoms with Crippen LogP contribution in [0.4, 0.5) is 0 Å². The molecule has 1 aromatic carbocycles. The Bertz CT molecular complexity index is 535. The van der Waals surface area contributed by atoms with Gasteiger partial charge in [0.15, 0.2) is 11.5 Å². The van der Waals surface area contributed by atoms with Gasteiger partial charge in [0.05, 0.1) is 20.8 Å². The zero-order chi connectivity index (χ0) is 17.2. The quantitative estimate of drug-likeness (QED) is 0.694. The number of thioether (sulfide) groups is 1. The van der Waals surface area contributed by atoms with E-state index in [1.165, 1.54) is 14.2 Å². The van der Waals surface area contributed by atoms with Crippen molar-refractivity contribution in [2.75, 3.05) is 32.8 Å². The fourth-order valence-corrected chi connectivity index (χ4v) is 2.42. The third-order valence-corrected chi connectivity index (χ3v) is 3.77. The van der Waals surface area contributed by atoms with Crippen LogP contribution in [-0.2, 0) is 9.53 Å². The van der Waals surface area contributed by atoms with Crippen molar-refractivity contribution in [2.45, 2.75) is 19.4 Å². The molecule has 1 aromatic rings. The number of hydrogen-bond donors (Lipinski definition) is 1. The average molecular weight is 341 g/mol. The molecule has 7 heteroatoms. The van der Waals surface area contributed by atoms with Crippen molar-refractivity contribution < 1.29 is 23.8 Å². The molecule has 1 N–H and O–H groups in total. The van der Waals surface area contributed by atoms with Gasteiger partial charge in [0.25, 0.3) is 5.91 Å². The summed E-state index contributed by atoms with van der Waals surface area (Å²) in [4.78, 5) is 24.1. The second-order valence-electron chi connectivity index (χ2n) is 4.63. The van der Waals surface area contributed by atoms with Gasteiger partial charge in [0.1, 0.15) is 6.04 Å². The lowest BCUT2D eigenvalue weighted by molar-refractivity contribution is -0.142. The minimum Gasteiger partial charge on any atom is -0.493 e. The number of carbonyl (C=O) groups is 2. The highest BCUT2D eigenvalue weighted by atomic mass is 32.2. The number of methoxy groups -OCH3 is 2. The maximum absolute atomic E-state index is 12.4. The fraction of sp³-hybridized carbons (Fsp3) is 0.500. The van der Waals surface area contributed by atoms with Gasteiger partial charge in [-0.3, -0.25) is 4.79 Å². The Hall–Kier alpha value is -1.89. The molecule has 0 heterocycles. The lowest BCUT2D eigenvalue weighted by Gasteiger charge is -2.17. The van der Waals surface area contributed by atoms with Crippen LogP contribution in [0.5, 0.6) is 11.5 Å². The molecule has 128 valence electrons. The predicted molar refractivity (Wildman–Crippen MR) is 90.4 cm³/mol. The summed E-state index contributed by atoms with van der Waals surface area (Å²) >= 11 is 1.60. The monoisotopic (exact) mass is 341 g/mol. The summed E-state index contributed by atoms with van der Waals surface area (Å²) in [7, 11) is 2.82. The van der Waals surface area contributed by atoms with E-state index in [-0.39, 0.29) is 5.91 Å². The van der Waals surface area contributed by atoms with E-state index in [0.717, 1.165) is 5.75 Å². The number of ether oxygens (including phenoxy) is 3. The lowest BCUT2D eigenvalue weighted by atomic mass is 10.1. The molecule has 0 saturated carbocycles. The predicted octanol–water partition coefficient (Wildman–Crippen LogP) is 2.12. The maximum Gasteiger partial charge on any atom is 0.328 e. The number of rotatable bonds is 9. The van der Waals surface area contributed by atoms with Crippen LogP contribution in [0.1, 0.15) is 23.7 Å². The lowest BCUT2D eigenvalue weighted by Crippen LogP contribution is -2.41. The van der Waals surface area contributed by atoms with Crippen molar-refractivity contribution in [3.63, 3.8) is 0 Å². The van der Waals surface area contributed by atoms with E-state index in [1.54, 1.807) is 30.0 Å². The van der Waals surface area contributed by atoms with E-state index in [0.29, 0.717) is 30.1 Å². The van der Waals surface area contributed by atoms with Crippen LogP contribution in [0.25, 0.3) is 0 Å². The number of benzene rings is 1. The van der Waals surface area contributed by atoms with Crippen molar-refractivity contribution in [3.8, 4) is 11.5 Å². The SMILES string of the molecule is CCOc1ccc(C(=O)N[C@@H](CCSC)C(=O)OC)cc1OC. The molecular weight excluding hydrogens is 318 g/mol. The summed E-state index contributed by atoms with van der Waals surface area (Å²) in [6, 6.07) is 4.22. The first-order valence-corrected chi connectivity index (χ1v) is 8.65. The number of amides is 1. The summed E-state index contributed by atoms with van der Waals surface area (Å²) in [5.74, 6) is 0.969. The fourth-order valence-electron chi connectivity index (χ4n) is 1.95. The van der Waals surface area contributed by atoms with E-state index >= 15 is 0 Å². The average Bonchev–Trinajstić information content (AvgIpc) is 2.58. The molecule has 1 amide bonds. The van der Waals surface area contributed by atoms with Crippen molar-refractivity contribution in [1.29, 1.82) is 0 Å². The van der Waals surface area contributed by atoms with Gasteiger partial charge in [-0.25, -0.2) is 4.79 Å². The molecule has 0 spiro atoms. The number of hydrogen-bond acceptors (Lipinski definition) is 6. The summed E-state index contributed by atoms with van der Waals surface area (Å²) in [6.07, 6.45) is 2.45. The van der Waals surface area contributed by atoms with Crippen LogP contribution in [-0.4, -0.2) is 50.8 Å².